The summed E-state index contributed by atoms with van der Waals surface area (Å²) in [5.41, 5.74) is 1.57. The van der Waals surface area contributed by atoms with Crippen LogP contribution in [0.25, 0.3) is 11.0 Å². The van der Waals surface area contributed by atoms with Crippen molar-refractivity contribution in [3.63, 3.8) is 0 Å². The molecule has 0 radical (unpaired) electrons. The highest BCUT2D eigenvalue weighted by molar-refractivity contribution is 6.39. The Morgan fingerprint density at radius 3 is 2.46 bits per heavy atom. The average Bonchev–Trinajstić information content (AvgIpc) is 3.06. The maximum atomic E-state index is 12.9. The fraction of sp³-hybridized carbons (Fsp3) is 0.200. The predicted octanol–water partition coefficient (Wildman–Crippen LogP) is 5.74. The third-order valence-corrected chi connectivity index (χ3v) is 4.75. The number of aryl methyl sites for hydroxylation is 1. The van der Waals surface area contributed by atoms with E-state index >= 15 is 0 Å². The van der Waals surface area contributed by atoms with Crippen LogP contribution < -0.4 is 4.90 Å². The molecule has 28 heavy (non-hydrogen) atoms. The summed E-state index contributed by atoms with van der Waals surface area (Å²) in [5, 5.41) is 0.388. The zero-order valence-corrected chi connectivity index (χ0v) is 15.6. The normalized spacial score (nSPS) is 17.2. The van der Waals surface area contributed by atoms with Gasteiger partial charge in [0.05, 0.1) is 21.6 Å². The lowest BCUT2D eigenvalue weighted by Gasteiger charge is -2.32. The van der Waals surface area contributed by atoms with Gasteiger partial charge in [-0.05, 0) is 36.4 Å². The molecule has 1 aromatic heterocycles. The summed E-state index contributed by atoms with van der Waals surface area (Å²) in [4.78, 5) is 10.9. The SMILES string of the molecule is CCc1nc2ccccc2n1C1N=CC(Cl)=CN1c1ccc(C(F)(F)F)cc1. The molecule has 4 rings (SSSR count). The van der Waals surface area contributed by atoms with Gasteiger partial charge in [-0.3, -0.25) is 4.57 Å². The Balaban J connectivity index is 1.82. The third kappa shape index (κ3) is 3.26. The summed E-state index contributed by atoms with van der Waals surface area (Å²) in [6, 6.07) is 12.6. The first-order valence-electron chi connectivity index (χ1n) is 8.70. The van der Waals surface area contributed by atoms with Gasteiger partial charge in [-0.1, -0.05) is 30.7 Å². The van der Waals surface area contributed by atoms with E-state index in [2.05, 4.69) is 9.98 Å². The lowest BCUT2D eigenvalue weighted by molar-refractivity contribution is -0.137. The van der Waals surface area contributed by atoms with Crippen molar-refractivity contribution < 1.29 is 13.2 Å². The van der Waals surface area contributed by atoms with Crippen LogP contribution in [0.2, 0.25) is 0 Å². The van der Waals surface area contributed by atoms with Gasteiger partial charge < -0.3 is 4.90 Å². The van der Waals surface area contributed by atoms with Gasteiger partial charge in [0.15, 0.2) is 0 Å². The van der Waals surface area contributed by atoms with Gasteiger partial charge >= 0.3 is 6.18 Å². The Morgan fingerprint density at radius 1 is 1.07 bits per heavy atom. The van der Waals surface area contributed by atoms with Gasteiger partial charge in [0.25, 0.3) is 0 Å². The first kappa shape index (κ1) is 18.6. The minimum atomic E-state index is -4.39. The van der Waals surface area contributed by atoms with Gasteiger partial charge in [-0.15, -0.1) is 0 Å². The molecule has 2 aromatic carbocycles. The lowest BCUT2D eigenvalue weighted by Crippen LogP contribution is -2.30. The second-order valence-corrected chi connectivity index (χ2v) is 6.77. The molecule has 0 spiro atoms. The highest BCUT2D eigenvalue weighted by Gasteiger charge is 2.31. The molecule has 0 saturated carbocycles. The van der Waals surface area contributed by atoms with Crippen LogP contribution in [0.1, 0.15) is 24.6 Å². The molecular weight excluding hydrogens is 389 g/mol. The number of hydrogen-bond donors (Lipinski definition) is 0. The molecule has 0 bridgehead atoms. The maximum absolute atomic E-state index is 12.9. The maximum Gasteiger partial charge on any atom is 0.416 e. The molecule has 3 aromatic rings. The van der Waals surface area contributed by atoms with Gasteiger partial charge in [-0.25, -0.2) is 9.98 Å². The van der Waals surface area contributed by atoms with Crippen LogP contribution in [-0.4, -0.2) is 15.8 Å². The van der Waals surface area contributed by atoms with Crippen molar-refractivity contribution >= 4 is 34.5 Å². The van der Waals surface area contributed by atoms with Crippen molar-refractivity contribution in [2.45, 2.75) is 25.8 Å². The lowest BCUT2D eigenvalue weighted by atomic mass is 10.2. The van der Waals surface area contributed by atoms with Crippen LogP contribution >= 0.6 is 11.6 Å². The van der Waals surface area contributed by atoms with Crippen LogP contribution in [-0.2, 0) is 12.6 Å². The van der Waals surface area contributed by atoms with E-state index in [0.717, 1.165) is 29.0 Å². The topological polar surface area (TPSA) is 33.4 Å². The Hall–Kier alpha value is -2.80. The second kappa shape index (κ2) is 6.98. The summed E-state index contributed by atoms with van der Waals surface area (Å²) < 4.78 is 40.7. The number of fused-ring (bicyclic) bond motifs is 1. The van der Waals surface area contributed by atoms with Crippen LogP contribution in [0.5, 0.6) is 0 Å². The minimum absolute atomic E-state index is 0.388. The number of rotatable bonds is 3. The highest BCUT2D eigenvalue weighted by Crippen LogP contribution is 2.35. The summed E-state index contributed by atoms with van der Waals surface area (Å²) >= 11 is 6.15. The molecule has 8 heteroatoms. The van der Waals surface area contributed by atoms with Crippen molar-refractivity contribution in [3.05, 3.63) is 71.2 Å². The number of halogens is 4. The Morgan fingerprint density at radius 2 is 1.79 bits per heavy atom. The van der Waals surface area contributed by atoms with E-state index in [1.807, 2.05) is 35.8 Å². The van der Waals surface area contributed by atoms with Gasteiger partial charge in [0, 0.05) is 24.5 Å². The van der Waals surface area contributed by atoms with E-state index in [1.54, 1.807) is 17.3 Å². The van der Waals surface area contributed by atoms with E-state index < -0.39 is 18.0 Å². The molecule has 144 valence electrons. The molecule has 1 atom stereocenters. The molecule has 0 fully saturated rings. The van der Waals surface area contributed by atoms with Crippen LogP contribution in [0.4, 0.5) is 18.9 Å². The van der Waals surface area contributed by atoms with E-state index in [-0.39, 0.29) is 0 Å². The summed E-state index contributed by atoms with van der Waals surface area (Å²) in [5.74, 6) is 0.826. The third-order valence-electron chi connectivity index (χ3n) is 4.55. The van der Waals surface area contributed by atoms with Gasteiger partial charge in [-0.2, -0.15) is 13.2 Å². The average molecular weight is 405 g/mol. The fourth-order valence-electron chi connectivity index (χ4n) is 3.27. The predicted molar refractivity (Wildman–Crippen MR) is 104 cm³/mol. The number of para-hydroxylation sites is 2. The van der Waals surface area contributed by atoms with E-state index in [4.69, 9.17) is 11.6 Å². The molecule has 1 unspecified atom stereocenters. The van der Waals surface area contributed by atoms with E-state index in [1.165, 1.54) is 12.1 Å². The largest absolute Gasteiger partial charge is 0.416 e. The molecule has 0 aliphatic carbocycles. The number of imidazole rings is 1. The number of nitrogens with zero attached hydrogens (tertiary/aromatic N) is 4. The first-order chi connectivity index (χ1) is 13.4. The van der Waals surface area contributed by atoms with Gasteiger partial charge in [0.2, 0.25) is 6.29 Å². The first-order valence-corrected chi connectivity index (χ1v) is 9.08. The highest BCUT2D eigenvalue weighted by atomic mass is 35.5. The van der Waals surface area contributed by atoms with Crippen molar-refractivity contribution in [3.8, 4) is 0 Å². The molecule has 1 aliphatic heterocycles. The molecular formula is C20H16ClF3N4. The minimum Gasteiger partial charge on any atom is -0.307 e. The fourth-order valence-corrected chi connectivity index (χ4v) is 3.43. The summed E-state index contributed by atoms with van der Waals surface area (Å²) in [6.45, 7) is 2.00. The zero-order chi connectivity index (χ0) is 19.9. The summed E-state index contributed by atoms with van der Waals surface area (Å²) in [6.07, 6.45) is -1.04. The monoisotopic (exact) mass is 404 g/mol. The number of allylic oxidation sites excluding steroid dienone is 1. The number of anilines is 1. The quantitative estimate of drug-likeness (QED) is 0.557. The second-order valence-electron chi connectivity index (χ2n) is 6.33. The van der Waals surface area contributed by atoms with Crippen molar-refractivity contribution in [1.82, 2.24) is 9.55 Å². The standard InChI is InChI=1S/C20H16ClF3N4/c1-2-18-26-16-5-3-4-6-17(16)28(18)19-25-11-14(21)12-27(19)15-9-7-13(8-10-15)20(22,23)24/h3-12,19H,2H2,1H3. The smallest absolute Gasteiger partial charge is 0.307 e. The van der Waals surface area contributed by atoms with E-state index in [0.29, 0.717) is 17.1 Å². The molecule has 1 aliphatic rings. The Bertz CT molecular complexity index is 1070. The number of benzene rings is 2. The summed E-state index contributed by atoms with van der Waals surface area (Å²) in [7, 11) is 0. The number of hydrogen-bond acceptors (Lipinski definition) is 3. The molecule has 0 saturated heterocycles. The van der Waals surface area contributed by atoms with Crippen LogP contribution in [0, 0.1) is 0 Å². The van der Waals surface area contributed by atoms with Crippen molar-refractivity contribution in [2.75, 3.05) is 4.90 Å². The van der Waals surface area contributed by atoms with Crippen molar-refractivity contribution in [2.24, 2.45) is 4.99 Å². The Labute approximate surface area is 164 Å². The number of aromatic nitrogens is 2. The molecule has 0 amide bonds. The molecule has 0 N–H and O–H groups in total. The Kier molecular flexibility index (Phi) is 4.63. The number of alkyl halides is 3. The van der Waals surface area contributed by atoms with E-state index in [9.17, 15) is 13.2 Å². The molecule has 2 heterocycles. The number of aliphatic imine (C=N–C) groups is 1. The van der Waals surface area contributed by atoms with Crippen LogP contribution in [0.15, 0.2) is 64.8 Å². The van der Waals surface area contributed by atoms with Crippen LogP contribution in [0.3, 0.4) is 0 Å². The zero-order valence-electron chi connectivity index (χ0n) is 14.9. The van der Waals surface area contributed by atoms with Gasteiger partial charge in [0.1, 0.15) is 5.82 Å². The molecule has 4 nitrogen and oxygen atoms in total. The van der Waals surface area contributed by atoms with Crippen molar-refractivity contribution in [1.29, 1.82) is 0 Å².